The lowest BCUT2D eigenvalue weighted by Crippen LogP contribution is -2.29. The van der Waals surface area contributed by atoms with Crippen molar-refractivity contribution in [2.24, 2.45) is 0 Å². The highest BCUT2D eigenvalue weighted by molar-refractivity contribution is 6.00. The molecule has 0 amide bonds. The number of pyridine rings is 1. The molecule has 4 heteroatoms. The van der Waals surface area contributed by atoms with Gasteiger partial charge in [0.15, 0.2) is 0 Å². The van der Waals surface area contributed by atoms with Gasteiger partial charge in [0.1, 0.15) is 11.5 Å². The van der Waals surface area contributed by atoms with E-state index < -0.39 is 5.41 Å². The van der Waals surface area contributed by atoms with Crippen molar-refractivity contribution in [3.8, 4) is 28.3 Å². The number of rotatable bonds is 5. The van der Waals surface area contributed by atoms with Gasteiger partial charge >= 0.3 is 0 Å². The zero-order valence-electron chi connectivity index (χ0n) is 26.2. The van der Waals surface area contributed by atoms with Crippen LogP contribution >= 0.6 is 0 Å². The molecule has 0 aliphatic heterocycles. The number of fused-ring (bicyclic) bond motifs is 5. The van der Waals surface area contributed by atoms with Crippen molar-refractivity contribution < 1.29 is 4.74 Å². The standard InChI is InChI=1S/C43H31N3O/c1-28-21-29(2)46(45-28)35-16-10-18-37(27-35)47-36-17-9-15-34(26-36)43(42-19-7-8-20-44-42)40-24-32-13-5-3-11-30(32)22-38(40)39-23-31-12-4-6-14-33(31)25-41(39)43/h3-27H,1-2H3. The fourth-order valence-electron chi connectivity index (χ4n) is 7.51. The molecule has 0 N–H and O–H groups in total. The number of aromatic nitrogens is 3. The third kappa shape index (κ3) is 4.29. The van der Waals surface area contributed by atoms with Crippen LogP contribution in [0.5, 0.6) is 11.5 Å². The quantitative estimate of drug-likeness (QED) is 0.196. The van der Waals surface area contributed by atoms with Crippen molar-refractivity contribution in [3.05, 3.63) is 186 Å². The van der Waals surface area contributed by atoms with E-state index in [4.69, 9.17) is 9.72 Å². The lowest BCUT2D eigenvalue weighted by atomic mass is 9.69. The Morgan fingerprint density at radius 3 is 1.74 bits per heavy atom. The van der Waals surface area contributed by atoms with E-state index in [-0.39, 0.29) is 0 Å². The first-order valence-corrected chi connectivity index (χ1v) is 16.0. The van der Waals surface area contributed by atoms with E-state index in [1.54, 1.807) is 0 Å². The molecule has 0 saturated carbocycles. The molecule has 2 aromatic heterocycles. The van der Waals surface area contributed by atoms with Crippen molar-refractivity contribution in [1.29, 1.82) is 0 Å². The van der Waals surface area contributed by atoms with Crippen LogP contribution in [0.4, 0.5) is 0 Å². The van der Waals surface area contributed by atoms with Gasteiger partial charge < -0.3 is 4.74 Å². The average Bonchev–Trinajstić information content (AvgIpc) is 3.59. The van der Waals surface area contributed by atoms with Crippen molar-refractivity contribution in [2.45, 2.75) is 19.3 Å². The predicted octanol–water partition coefficient (Wildman–Crippen LogP) is 10.3. The van der Waals surface area contributed by atoms with Crippen LogP contribution in [0, 0.1) is 13.8 Å². The fourth-order valence-corrected chi connectivity index (χ4v) is 7.51. The molecule has 0 atom stereocenters. The minimum Gasteiger partial charge on any atom is -0.457 e. The molecule has 0 spiro atoms. The summed E-state index contributed by atoms with van der Waals surface area (Å²) in [5.41, 5.74) is 9.38. The SMILES string of the molecule is Cc1cc(C)n(-c2cccc(Oc3cccc(C4(c5ccccn5)c5cc6ccccc6cc5-c5cc6ccccc6cc54)c3)c2)n1. The van der Waals surface area contributed by atoms with Crippen LogP contribution in [-0.2, 0) is 5.41 Å². The Hall–Kier alpha value is -6.00. The van der Waals surface area contributed by atoms with Crippen LogP contribution in [0.15, 0.2) is 152 Å². The summed E-state index contributed by atoms with van der Waals surface area (Å²) in [5, 5.41) is 9.54. The normalized spacial score (nSPS) is 13.1. The topological polar surface area (TPSA) is 39.9 Å². The monoisotopic (exact) mass is 605 g/mol. The maximum atomic E-state index is 6.62. The highest BCUT2D eigenvalue weighted by Crippen LogP contribution is 2.57. The van der Waals surface area contributed by atoms with Gasteiger partial charge in [-0.2, -0.15) is 5.10 Å². The predicted molar refractivity (Wildman–Crippen MR) is 190 cm³/mol. The zero-order valence-corrected chi connectivity index (χ0v) is 26.2. The number of aryl methyl sites for hydroxylation is 2. The second-order valence-electron chi connectivity index (χ2n) is 12.4. The summed E-state index contributed by atoms with van der Waals surface area (Å²) in [6, 6.07) is 51.7. The summed E-state index contributed by atoms with van der Waals surface area (Å²) >= 11 is 0. The van der Waals surface area contributed by atoms with E-state index >= 15 is 0 Å². The first kappa shape index (κ1) is 27.3. The molecule has 6 aromatic carbocycles. The van der Waals surface area contributed by atoms with Crippen LogP contribution in [0.3, 0.4) is 0 Å². The lowest BCUT2D eigenvalue weighted by Gasteiger charge is -2.33. The van der Waals surface area contributed by atoms with Gasteiger partial charge in [0.2, 0.25) is 0 Å². The summed E-state index contributed by atoms with van der Waals surface area (Å²) in [6.07, 6.45) is 1.90. The summed E-state index contributed by atoms with van der Waals surface area (Å²) in [7, 11) is 0. The first-order chi connectivity index (χ1) is 23.1. The Bertz CT molecular complexity index is 2390. The molecular formula is C43H31N3O. The van der Waals surface area contributed by atoms with E-state index in [0.29, 0.717) is 0 Å². The van der Waals surface area contributed by atoms with E-state index in [9.17, 15) is 0 Å². The highest BCUT2D eigenvalue weighted by atomic mass is 16.5. The molecule has 8 aromatic rings. The molecule has 9 rings (SSSR count). The van der Waals surface area contributed by atoms with Crippen LogP contribution in [0.25, 0.3) is 38.4 Å². The zero-order chi connectivity index (χ0) is 31.5. The van der Waals surface area contributed by atoms with Gasteiger partial charge in [-0.1, -0.05) is 72.8 Å². The smallest absolute Gasteiger partial charge is 0.129 e. The Labute approximate surface area is 273 Å². The molecule has 0 unspecified atom stereocenters. The Morgan fingerprint density at radius 1 is 0.553 bits per heavy atom. The minimum atomic E-state index is -0.662. The van der Waals surface area contributed by atoms with Gasteiger partial charge in [0.05, 0.1) is 22.5 Å². The van der Waals surface area contributed by atoms with E-state index in [1.165, 1.54) is 43.8 Å². The van der Waals surface area contributed by atoms with Crippen LogP contribution in [-0.4, -0.2) is 14.8 Å². The number of benzene rings is 6. The second-order valence-corrected chi connectivity index (χ2v) is 12.4. The Morgan fingerprint density at radius 2 is 1.15 bits per heavy atom. The molecule has 1 aliphatic carbocycles. The highest BCUT2D eigenvalue weighted by Gasteiger charge is 2.47. The molecule has 4 nitrogen and oxygen atoms in total. The summed E-state index contributed by atoms with van der Waals surface area (Å²) in [5.74, 6) is 1.52. The molecule has 47 heavy (non-hydrogen) atoms. The van der Waals surface area contributed by atoms with Gasteiger partial charge in [0.25, 0.3) is 0 Å². The number of hydrogen-bond donors (Lipinski definition) is 0. The van der Waals surface area contributed by atoms with Crippen molar-refractivity contribution in [2.75, 3.05) is 0 Å². The third-order valence-electron chi connectivity index (χ3n) is 9.49. The Balaban J connectivity index is 1.28. The van der Waals surface area contributed by atoms with Crippen molar-refractivity contribution in [3.63, 3.8) is 0 Å². The largest absolute Gasteiger partial charge is 0.457 e. The molecule has 0 saturated heterocycles. The third-order valence-corrected chi connectivity index (χ3v) is 9.49. The molecule has 0 fully saturated rings. The summed E-state index contributed by atoms with van der Waals surface area (Å²) < 4.78 is 8.58. The van der Waals surface area contributed by atoms with Crippen LogP contribution < -0.4 is 4.74 Å². The van der Waals surface area contributed by atoms with Crippen LogP contribution in [0.2, 0.25) is 0 Å². The molecule has 0 radical (unpaired) electrons. The van der Waals surface area contributed by atoms with Gasteiger partial charge in [-0.15, -0.1) is 0 Å². The maximum absolute atomic E-state index is 6.62. The van der Waals surface area contributed by atoms with E-state index in [2.05, 4.69) is 127 Å². The van der Waals surface area contributed by atoms with Gasteiger partial charge in [-0.25, -0.2) is 4.68 Å². The molecule has 2 heterocycles. The van der Waals surface area contributed by atoms with Gasteiger partial charge in [0, 0.05) is 18.0 Å². The van der Waals surface area contributed by atoms with Gasteiger partial charge in [-0.05, 0) is 130 Å². The van der Waals surface area contributed by atoms with E-state index in [0.717, 1.165) is 39.8 Å². The van der Waals surface area contributed by atoms with Crippen LogP contribution in [0.1, 0.15) is 33.8 Å². The molecular weight excluding hydrogens is 574 g/mol. The number of hydrogen-bond acceptors (Lipinski definition) is 3. The summed E-state index contributed by atoms with van der Waals surface area (Å²) in [4.78, 5) is 5.09. The molecule has 1 aliphatic rings. The lowest BCUT2D eigenvalue weighted by molar-refractivity contribution is 0.480. The van der Waals surface area contributed by atoms with Crippen molar-refractivity contribution in [1.82, 2.24) is 14.8 Å². The minimum absolute atomic E-state index is 0.662. The maximum Gasteiger partial charge on any atom is 0.129 e. The number of nitrogens with zero attached hydrogens (tertiary/aromatic N) is 3. The number of ether oxygens (including phenoxy) is 1. The fraction of sp³-hybridized carbons (Fsp3) is 0.0698. The van der Waals surface area contributed by atoms with E-state index in [1.807, 2.05) is 48.1 Å². The molecule has 0 bridgehead atoms. The van der Waals surface area contributed by atoms with Gasteiger partial charge in [-0.3, -0.25) is 4.98 Å². The van der Waals surface area contributed by atoms with Crippen molar-refractivity contribution >= 4 is 21.5 Å². The average molecular weight is 606 g/mol. The second kappa shape index (κ2) is 10.5. The summed E-state index contributed by atoms with van der Waals surface area (Å²) in [6.45, 7) is 4.08. The first-order valence-electron chi connectivity index (χ1n) is 16.0. The molecule has 224 valence electrons. The Kier molecular flexibility index (Phi) is 6.12.